The largest absolute Gasteiger partial charge is 0.496 e. The SMILES string of the molecule is COc1ccc2c(cnn2CCOc2ccc(CC3SC(=O)NC3=O)cc2)c1Br. The van der Waals surface area contributed by atoms with Gasteiger partial charge in [-0.15, -0.1) is 0 Å². The lowest BCUT2D eigenvalue weighted by atomic mass is 10.1. The molecular formula is C20H18BrN3O4S. The number of carbonyl (C=O) groups is 2. The molecule has 150 valence electrons. The first-order valence-corrected chi connectivity index (χ1v) is 10.6. The highest BCUT2D eigenvalue weighted by atomic mass is 79.9. The summed E-state index contributed by atoms with van der Waals surface area (Å²) in [6.07, 6.45) is 2.32. The van der Waals surface area contributed by atoms with E-state index < -0.39 is 0 Å². The maximum Gasteiger partial charge on any atom is 0.286 e. The molecule has 1 atom stereocenters. The van der Waals surface area contributed by atoms with Gasteiger partial charge in [0.15, 0.2) is 0 Å². The summed E-state index contributed by atoms with van der Waals surface area (Å²) in [5.74, 6) is 1.29. The van der Waals surface area contributed by atoms with Gasteiger partial charge in [-0.3, -0.25) is 19.6 Å². The second-order valence-corrected chi connectivity index (χ2v) is 8.43. The number of amides is 2. The fraction of sp³-hybridized carbons (Fsp3) is 0.250. The minimum absolute atomic E-state index is 0.226. The number of thioether (sulfide) groups is 1. The van der Waals surface area contributed by atoms with Crippen LogP contribution >= 0.6 is 27.7 Å². The standard InChI is InChI=1S/C20H18BrN3O4S/c1-27-16-7-6-15-14(18(16)21)11-22-24(15)8-9-28-13-4-2-12(3-5-13)10-17-19(25)23-20(26)29-17/h2-7,11,17H,8-10H2,1H3,(H,23,25,26). The molecule has 0 aliphatic carbocycles. The fourth-order valence-electron chi connectivity index (χ4n) is 3.15. The highest BCUT2D eigenvalue weighted by molar-refractivity contribution is 9.10. The van der Waals surface area contributed by atoms with Crippen LogP contribution in [-0.4, -0.2) is 39.9 Å². The van der Waals surface area contributed by atoms with Crippen molar-refractivity contribution in [1.29, 1.82) is 0 Å². The molecule has 1 N–H and O–H groups in total. The molecule has 1 saturated heterocycles. The number of rotatable bonds is 7. The van der Waals surface area contributed by atoms with E-state index in [1.165, 1.54) is 0 Å². The molecule has 2 heterocycles. The topological polar surface area (TPSA) is 82.4 Å². The maximum absolute atomic E-state index is 11.7. The van der Waals surface area contributed by atoms with Crippen molar-refractivity contribution < 1.29 is 19.1 Å². The number of imide groups is 1. The van der Waals surface area contributed by atoms with E-state index in [1.807, 2.05) is 41.1 Å². The van der Waals surface area contributed by atoms with Crippen LogP contribution in [0.3, 0.4) is 0 Å². The zero-order valence-corrected chi connectivity index (χ0v) is 18.0. The molecular weight excluding hydrogens is 458 g/mol. The number of carbonyl (C=O) groups excluding carboxylic acids is 2. The molecule has 0 radical (unpaired) electrons. The van der Waals surface area contributed by atoms with Gasteiger partial charge in [-0.2, -0.15) is 5.10 Å². The first kappa shape index (κ1) is 19.8. The monoisotopic (exact) mass is 475 g/mol. The fourth-order valence-corrected chi connectivity index (χ4v) is 4.61. The summed E-state index contributed by atoms with van der Waals surface area (Å²) in [5, 5.41) is 7.08. The Balaban J connectivity index is 1.34. The molecule has 2 aromatic carbocycles. The molecule has 1 aliphatic heterocycles. The van der Waals surface area contributed by atoms with Gasteiger partial charge in [0, 0.05) is 5.39 Å². The number of ether oxygens (including phenoxy) is 2. The van der Waals surface area contributed by atoms with Crippen molar-refractivity contribution in [2.75, 3.05) is 13.7 Å². The predicted molar refractivity (Wildman–Crippen MR) is 115 cm³/mol. The van der Waals surface area contributed by atoms with Gasteiger partial charge >= 0.3 is 0 Å². The van der Waals surface area contributed by atoms with E-state index in [0.29, 0.717) is 19.6 Å². The average Bonchev–Trinajstić information content (AvgIpc) is 3.26. The van der Waals surface area contributed by atoms with Gasteiger partial charge in [-0.1, -0.05) is 23.9 Å². The second-order valence-electron chi connectivity index (χ2n) is 6.46. The summed E-state index contributed by atoms with van der Waals surface area (Å²) < 4.78 is 13.9. The minimum Gasteiger partial charge on any atom is -0.496 e. The molecule has 9 heteroatoms. The number of benzene rings is 2. The van der Waals surface area contributed by atoms with E-state index in [2.05, 4.69) is 26.3 Å². The second kappa shape index (κ2) is 8.46. The van der Waals surface area contributed by atoms with Crippen LogP contribution < -0.4 is 14.8 Å². The van der Waals surface area contributed by atoms with Crippen LogP contribution in [0.15, 0.2) is 47.1 Å². The lowest BCUT2D eigenvalue weighted by molar-refractivity contribution is -0.118. The minimum atomic E-state index is -0.361. The summed E-state index contributed by atoms with van der Waals surface area (Å²) in [5.41, 5.74) is 1.98. The van der Waals surface area contributed by atoms with Crippen LogP contribution in [0.25, 0.3) is 10.9 Å². The highest BCUT2D eigenvalue weighted by Gasteiger charge is 2.31. The zero-order valence-electron chi connectivity index (χ0n) is 15.6. The third-order valence-electron chi connectivity index (χ3n) is 4.63. The predicted octanol–water partition coefficient (Wildman–Crippen LogP) is 3.78. The zero-order chi connectivity index (χ0) is 20.4. The Morgan fingerprint density at radius 2 is 2.00 bits per heavy atom. The number of hydrogen-bond acceptors (Lipinski definition) is 6. The van der Waals surface area contributed by atoms with Gasteiger partial charge in [0.25, 0.3) is 5.24 Å². The Morgan fingerprint density at radius 3 is 2.69 bits per heavy atom. The number of methoxy groups -OCH3 is 1. The van der Waals surface area contributed by atoms with Crippen molar-refractivity contribution >= 4 is 49.7 Å². The maximum atomic E-state index is 11.7. The first-order valence-electron chi connectivity index (χ1n) is 8.96. The van der Waals surface area contributed by atoms with Gasteiger partial charge in [-0.25, -0.2) is 0 Å². The molecule has 1 fully saturated rings. The average molecular weight is 476 g/mol. The van der Waals surface area contributed by atoms with Gasteiger partial charge < -0.3 is 9.47 Å². The number of hydrogen-bond donors (Lipinski definition) is 1. The summed E-state index contributed by atoms with van der Waals surface area (Å²) in [7, 11) is 1.64. The molecule has 1 aliphatic rings. The summed E-state index contributed by atoms with van der Waals surface area (Å²) in [4.78, 5) is 22.9. The molecule has 1 aromatic heterocycles. The molecule has 0 spiro atoms. The van der Waals surface area contributed by atoms with Crippen LogP contribution in [-0.2, 0) is 17.8 Å². The van der Waals surface area contributed by atoms with Crippen LogP contribution in [0.4, 0.5) is 4.79 Å². The van der Waals surface area contributed by atoms with Crippen LogP contribution in [0.5, 0.6) is 11.5 Å². The summed E-state index contributed by atoms with van der Waals surface area (Å²) in [6, 6.07) is 11.5. The van der Waals surface area contributed by atoms with Crippen molar-refractivity contribution in [1.82, 2.24) is 15.1 Å². The Kier molecular flexibility index (Phi) is 5.77. The van der Waals surface area contributed by atoms with E-state index in [0.717, 1.165) is 44.2 Å². The van der Waals surface area contributed by atoms with Gasteiger partial charge in [-0.05, 0) is 52.2 Å². The molecule has 1 unspecified atom stereocenters. The van der Waals surface area contributed by atoms with Crippen LogP contribution in [0, 0.1) is 0 Å². The number of halogens is 1. The first-order chi connectivity index (χ1) is 14.0. The van der Waals surface area contributed by atoms with Crippen molar-refractivity contribution in [3.63, 3.8) is 0 Å². The molecule has 0 bridgehead atoms. The van der Waals surface area contributed by atoms with Crippen molar-refractivity contribution in [2.45, 2.75) is 18.2 Å². The molecule has 4 rings (SSSR count). The lowest BCUT2D eigenvalue weighted by Crippen LogP contribution is -2.25. The van der Waals surface area contributed by atoms with Crippen LogP contribution in [0.1, 0.15) is 5.56 Å². The quantitative estimate of drug-likeness (QED) is 0.559. The third-order valence-corrected chi connectivity index (χ3v) is 6.43. The normalized spacial score (nSPS) is 16.3. The highest BCUT2D eigenvalue weighted by Crippen LogP contribution is 2.32. The molecule has 29 heavy (non-hydrogen) atoms. The molecule has 3 aromatic rings. The summed E-state index contributed by atoms with van der Waals surface area (Å²) in [6.45, 7) is 1.07. The Labute approximate surface area is 179 Å². The van der Waals surface area contributed by atoms with Crippen LogP contribution in [0.2, 0.25) is 0 Å². The molecule has 7 nitrogen and oxygen atoms in total. The Bertz CT molecular complexity index is 1070. The van der Waals surface area contributed by atoms with Crippen molar-refractivity contribution in [2.24, 2.45) is 0 Å². The Morgan fingerprint density at radius 1 is 1.21 bits per heavy atom. The lowest BCUT2D eigenvalue weighted by Gasteiger charge is -2.10. The Hall–Kier alpha value is -2.52. The van der Waals surface area contributed by atoms with Gasteiger partial charge in [0.1, 0.15) is 18.1 Å². The van der Waals surface area contributed by atoms with E-state index in [-0.39, 0.29) is 16.4 Å². The van der Waals surface area contributed by atoms with E-state index >= 15 is 0 Å². The third kappa shape index (κ3) is 4.25. The van der Waals surface area contributed by atoms with E-state index in [4.69, 9.17) is 9.47 Å². The van der Waals surface area contributed by atoms with Crippen molar-refractivity contribution in [3.05, 3.63) is 52.6 Å². The smallest absolute Gasteiger partial charge is 0.286 e. The van der Waals surface area contributed by atoms with E-state index in [1.54, 1.807) is 13.3 Å². The van der Waals surface area contributed by atoms with Gasteiger partial charge in [0.05, 0.1) is 35.1 Å². The molecule has 0 saturated carbocycles. The van der Waals surface area contributed by atoms with E-state index in [9.17, 15) is 9.59 Å². The van der Waals surface area contributed by atoms with Gasteiger partial charge in [0.2, 0.25) is 5.91 Å². The number of fused-ring (bicyclic) bond motifs is 1. The number of nitrogens with one attached hydrogen (secondary N) is 1. The number of aromatic nitrogens is 2. The van der Waals surface area contributed by atoms with Crippen molar-refractivity contribution in [3.8, 4) is 11.5 Å². The number of nitrogens with zero attached hydrogens (tertiary/aromatic N) is 2. The summed E-state index contributed by atoms with van der Waals surface area (Å²) >= 11 is 4.59. The molecule has 2 amide bonds.